The first-order valence-corrected chi connectivity index (χ1v) is 10.4. The molecule has 1 fully saturated rings. The zero-order valence-corrected chi connectivity index (χ0v) is 17.4. The number of esters is 1. The average molecular weight is 408 g/mol. The van der Waals surface area contributed by atoms with Crippen molar-refractivity contribution < 1.29 is 14.6 Å². The molecule has 0 aliphatic carbocycles. The Morgan fingerprint density at radius 1 is 1.20 bits per heavy atom. The van der Waals surface area contributed by atoms with Crippen LogP contribution in [0, 0.1) is 17.2 Å². The molecule has 1 unspecified atom stereocenters. The largest absolute Gasteiger partial charge is 0.465 e. The van der Waals surface area contributed by atoms with E-state index in [-0.39, 0.29) is 11.9 Å². The fraction of sp³-hybridized carbons (Fsp3) is 0.417. The van der Waals surface area contributed by atoms with E-state index in [1.165, 1.54) is 12.7 Å². The number of nitriles is 1. The molecule has 3 N–H and O–H groups in total. The van der Waals surface area contributed by atoms with Crippen molar-refractivity contribution in [2.24, 2.45) is 5.92 Å². The number of nitrogens with one attached hydrogen (secondary N) is 2. The van der Waals surface area contributed by atoms with Crippen molar-refractivity contribution in [2.45, 2.75) is 31.3 Å². The number of aliphatic hydroxyl groups is 1. The van der Waals surface area contributed by atoms with Crippen molar-refractivity contribution >= 4 is 11.7 Å². The molecule has 30 heavy (non-hydrogen) atoms. The SMILES string of the molecule is COC(=O)c1ccc(NCC(CCc2ccc(C#N)cc2)C2(O)CCNCC2)cc1. The third kappa shape index (κ3) is 5.59. The van der Waals surface area contributed by atoms with E-state index in [4.69, 9.17) is 10.00 Å². The molecule has 0 amide bonds. The predicted molar refractivity (Wildman–Crippen MR) is 116 cm³/mol. The maximum Gasteiger partial charge on any atom is 0.337 e. The number of benzene rings is 2. The summed E-state index contributed by atoms with van der Waals surface area (Å²) in [6, 6.07) is 17.0. The van der Waals surface area contributed by atoms with Crippen LogP contribution in [0.5, 0.6) is 0 Å². The van der Waals surface area contributed by atoms with Crippen LogP contribution in [0.25, 0.3) is 0 Å². The number of rotatable bonds is 8. The van der Waals surface area contributed by atoms with Crippen molar-refractivity contribution in [1.29, 1.82) is 5.26 Å². The van der Waals surface area contributed by atoms with E-state index in [9.17, 15) is 9.90 Å². The lowest BCUT2D eigenvalue weighted by Gasteiger charge is -2.40. The molecule has 6 heteroatoms. The highest BCUT2D eigenvalue weighted by molar-refractivity contribution is 5.89. The molecule has 1 atom stereocenters. The third-order valence-electron chi connectivity index (χ3n) is 5.95. The monoisotopic (exact) mass is 407 g/mol. The summed E-state index contributed by atoms with van der Waals surface area (Å²) in [5, 5.41) is 27.1. The first-order chi connectivity index (χ1) is 14.5. The van der Waals surface area contributed by atoms with Crippen LogP contribution < -0.4 is 10.6 Å². The van der Waals surface area contributed by atoms with Crippen molar-refractivity contribution in [3.8, 4) is 6.07 Å². The maximum atomic E-state index is 11.6. The zero-order chi connectivity index (χ0) is 21.4. The summed E-state index contributed by atoms with van der Waals surface area (Å²) >= 11 is 0. The van der Waals surface area contributed by atoms with E-state index in [0.717, 1.165) is 44.5 Å². The lowest BCUT2D eigenvalue weighted by molar-refractivity contribution is -0.0418. The zero-order valence-electron chi connectivity index (χ0n) is 17.4. The van der Waals surface area contributed by atoms with Gasteiger partial charge < -0.3 is 20.5 Å². The molecule has 1 heterocycles. The Kier molecular flexibility index (Phi) is 7.45. The first-order valence-electron chi connectivity index (χ1n) is 10.4. The van der Waals surface area contributed by atoms with Gasteiger partial charge in [-0.2, -0.15) is 5.26 Å². The summed E-state index contributed by atoms with van der Waals surface area (Å²) in [4.78, 5) is 11.6. The number of methoxy groups -OCH3 is 1. The first kappa shape index (κ1) is 21.8. The van der Waals surface area contributed by atoms with Gasteiger partial charge in [0.05, 0.1) is 29.9 Å². The Morgan fingerprint density at radius 2 is 1.87 bits per heavy atom. The van der Waals surface area contributed by atoms with Crippen LogP contribution in [0.2, 0.25) is 0 Å². The minimum absolute atomic E-state index is 0.0792. The van der Waals surface area contributed by atoms with Gasteiger partial charge in [-0.25, -0.2) is 4.79 Å². The molecule has 0 saturated carbocycles. The fourth-order valence-corrected chi connectivity index (χ4v) is 4.00. The van der Waals surface area contributed by atoms with E-state index >= 15 is 0 Å². The van der Waals surface area contributed by atoms with E-state index in [0.29, 0.717) is 17.7 Å². The molecular weight excluding hydrogens is 378 g/mol. The van der Waals surface area contributed by atoms with Gasteiger partial charge in [-0.05, 0) is 80.7 Å². The second kappa shape index (κ2) is 10.2. The summed E-state index contributed by atoms with van der Waals surface area (Å²) in [5.74, 6) is -0.276. The second-order valence-corrected chi connectivity index (χ2v) is 7.85. The Balaban J connectivity index is 1.66. The van der Waals surface area contributed by atoms with Crippen LogP contribution in [-0.4, -0.2) is 43.4 Å². The quantitative estimate of drug-likeness (QED) is 0.582. The van der Waals surface area contributed by atoms with Crippen LogP contribution in [0.15, 0.2) is 48.5 Å². The number of hydrogen-bond donors (Lipinski definition) is 3. The number of carbonyl (C=O) groups is 1. The number of aryl methyl sites for hydroxylation is 1. The third-order valence-corrected chi connectivity index (χ3v) is 5.95. The molecule has 0 aromatic heterocycles. The number of carbonyl (C=O) groups excluding carboxylic acids is 1. The van der Waals surface area contributed by atoms with Gasteiger partial charge in [0.1, 0.15) is 0 Å². The van der Waals surface area contributed by atoms with E-state index < -0.39 is 5.60 Å². The Hall–Kier alpha value is -2.88. The topological polar surface area (TPSA) is 94.4 Å². The van der Waals surface area contributed by atoms with Crippen molar-refractivity contribution in [3.05, 3.63) is 65.2 Å². The lowest BCUT2D eigenvalue weighted by atomic mass is 9.77. The van der Waals surface area contributed by atoms with Gasteiger partial charge in [0, 0.05) is 18.2 Å². The predicted octanol–water partition coefficient (Wildman–Crippen LogP) is 3.12. The van der Waals surface area contributed by atoms with Gasteiger partial charge >= 0.3 is 5.97 Å². The highest BCUT2D eigenvalue weighted by atomic mass is 16.5. The standard InChI is InChI=1S/C24H29N3O3/c1-30-23(28)20-7-10-22(11-8-20)27-17-21(24(29)12-14-26-15-13-24)9-6-18-2-4-19(16-25)5-3-18/h2-5,7-8,10-11,21,26-27,29H,6,9,12-15,17H2,1H3. The molecule has 1 saturated heterocycles. The number of ether oxygens (including phenoxy) is 1. The minimum Gasteiger partial charge on any atom is -0.465 e. The minimum atomic E-state index is -0.712. The van der Waals surface area contributed by atoms with Crippen molar-refractivity contribution in [2.75, 3.05) is 32.1 Å². The van der Waals surface area contributed by atoms with Crippen LogP contribution in [0.3, 0.4) is 0 Å². The molecular formula is C24H29N3O3. The summed E-state index contributed by atoms with van der Waals surface area (Å²) < 4.78 is 4.74. The van der Waals surface area contributed by atoms with E-state index in [1.807, 2.05) is 36.4 Å². The molecule has 1 aliphatic rings. The van der Waals surface area contributed by atoms with Gasteiger partial charge in [0.2, 0.25) is 0 Å². The van der Waals surface area contributed by atoms with Crippen molar-refractivity contribution in [1.82, 2.24) is 5.32 Å². The van der Waals surface area contributed by atoms with Crippen LogP contribution in [-0.2, 0) is 11.2 Å². The van der Waals surface area contributed by atoms with Crippen LogP contribution in [0.1, 0.15) is 40.7 Å². The average Bonchev–Trinajstić information content (AvgIpc) is 2.79. The smallest absolute Gasteiger partial charge is 0.337 e. The van der Waals surface area contributed by atoms with Gasteiger partial charge in [-0.1, -0.05) is 12.1 Å². The van der Waals surface area contributed by atoms with E-state index in [2.05, 4.69) is 16.7 Å². The Labute approximate surface area is 177 Å². The molecule has 1 aliphatic heterocycles. The lowest BCUT2D eigenvalue weighted by Crippen LogP contribution is -2.49. The van der Waals surface area contributed by atoms with E-state index in [1.54, 1.807) is 12.1 Å². The summed E-state index contributed by atoms with van der Waals surface area (Å²) in [6.07, 6.45) is 3.15. The number of piperidine rings is 1. The van der Waals surface area contributed by atoms with Crippen LogP contribution in [0.4, 0.5) is 5.69 Å². The highest BCUT2D eigenvalue weighted by Crippen LogP contribution is 2.31. The summed E-state index contributed by atoms with van der Waals surface area (Å²) in [5.41, 5.74) is 2.53. The summed E-state index contributed by atoms with van der Waals surface area (Å²) in [7, 11) is 1.37. The van der Waals surface area contributed by atoms with Gasteiger partial charge in [0.25, 0.3) is 0 Å². The van der Waals surface area contributed by atoms with Gasteiger partial charge in [0.15, 0.2) is 0 Å². The molecule has 0 spiro atoms. The number of nitrogens with zero attached hydrogens (tertiary/aromatic N) is 1. The number of anilines is 1. The second-order valence-electron chi connectivity index (χ2n) is 7.85. The molecule has 2 aromatic carbocycles. The maximum absolute atomic E-state index is 11.6. The Morgan fingerprint density at radius 3 is 2.47 bits per heavy atom. The van der Waals surface area contributed by atoms with Crippen molar-refractivity contribution in [3.63, 3.8) is 0 Å². The number of hydrogen-bond acceptors (Lipinski definition) is 6. The molecule has 2 aromatic rings. The molecule has 0 bridgehead atoms. The van der Waals surface area contributed by atoms with Crippen LogP contribution >= 0.6 is 0 Å². The highest BCUT2D eigenvalue weighted by Gasteiger charge is 2.37. The Bertz CT molecular complexity index is 866. The summed E-state index contributed by atoms with van der Waals surface area (Å²) in [6.45, 7) is 2.28. The molecule has 6 nitrogen and oxygen atoms in total. The van der Waals surface area contributed by atoms with Gasteiger partial charge in [-0.3, -0.25) is 0 Å². The molecule has 3 rings (SSSR count). The van der Waals surface area contributed by atoms with Gasteiger partial charge in [-0.15, -0.1) is 0 Å². The normalized spacial score (nSPS) is 16.3. The molecule has 0 radical (unpaired) electrons. The fourth-order valence-electron chi connectivity index (χ4n) is 4.00. The molecule has 158 valence electrons.